The third-order valence-electron chi connectivity index (χ3n) is 5.15. The van der Waals surface area contributed by atoms with E-state index in [0.29, 0.717) is 33.7 Å². The highest BCUT2D eigenvalue weighted by Crippen LogP contribution is 2.31. The number of benzene rings is 1. The Labute approximate surface area is 178 Å². The van der Waals surface area contributed by atoms with Gasteiger partial charge in [0.2, 0.25) is 5.91 Å². The van der Waals surface area contributed by atoms with Gasteiger partial charge in [0.15, 0.2) is 5.65 Å². The number of nitrogens with zero attached hydrogens (tertiary/aromatic N) is 3. The molecule has 3 heterocycles. The van der Waals surface area contributed by atoms with Gasteiger partial charge >= 0.3 is 0 Å². The summed E-state index contributed by atoms with van der Waals surface area (Å²) in [5, 5.41) is 24.0. The second-order valence-corrected chi connectivity index (χ2v) is 8.16. The monoisotopic (exact) mass is 424 g/mol. The van der Waals surface area contributed by atoms with Crippen LogP contribution in [0, 0.1) is 6.92 Å². The number of amides is 1. The van der Waals surface area contributed by atoms with Crippen molar-refractivity contribution < 1.29 is 9.90 Å². The lowest BCUT2D eigenvalue weighted by molar-refractivity contribution is -0.117. The third kappa shape index (κ3) is 3.71. The molecular formula is C21H21ClN6O2. The first-order valence-electron chi connectivity index (χ1n) is 9.84. The van der Waals surface area contributed by atoms with Crippen molar-refractivity contribution in [2.75, 3.05) is 10.6 Å². The molecule has 3 aromatic rings. The van der Waals surface area contributed by atoms with Gasteiger partial charge in [-0.2, -0.15) is 9.61 Å². The molecule has 2 fully saturated rings. The van der Waals surface area contributed by atoms with E-state index in [0.717, 1.165) is 29.9 Å². The maximum absolute atomic E-state index is 12.0. The number of carbonyl (C=O) groups is 1. The summed E-state index contributed by atoms with van der Waals surface area (Å²) < 4.78 is 1.73. The molecule has 1 amide bonds. The van der Waals surface area contributed by atoms with Crippen LogP contribution in [0.3, 0.4) is 0 Å². The predicted octanol–water partition coefficient (Wildman–Crippen LogP) is 3.23. The summed E-state index contributed by atoms with van der Waals surface area (Å²) in [5.74, 6) is 1.16. The van der Waals surface area contributed by atoms with Gasteiger partial charge in [0.1, 0.15) is 17.9 Å². The predicted molar refractivity (Wildman–Crippen MR) is 116 cm³/mol. The van der Waals surface area contributed by atoms with E-state index in [2.05, 4.69) is 21.0 Å². The molecule has 1 aliphatic carbocycles. The number of anilines is 3. The van der Waals surface area contributed by atoms with Crippen LogP contribution in [0.15, 0.2) is 36.0 Å². The number of nitrogens with one attached hydrogen (secondary N) is 3. The lowest BCUT2D eigenvalue weighted by atomic mass is 10.1. The Balaban J connectivity index is 1.58. The zero-order chi connectivity index (χ0) is 20.8. The molecule has 30 heavy (non-hydrogen) atoms. The molecule has 2 aliphatic rings. The van der Waals surface area contributed by atoms with E-state index >= 15 is 0 Å². The molecule has 0 spiro atoms. The summed E-state index contributed by atoms with van der Waals surface area (Å²) >= 11 is 6.35. The number of hydrogen-bond acceptors (Lipinski definition) is 6. The zero-order valence-electron chi connectivity index (χ0n) is 16.3. The summed E-state index contributed by atoms with van der Waals surface area (Å²) in [6, 6.07) is 8.09. The number of aromatic nitrogens is 3. The van der Waals surface area contributed by atoms with Gasteiger partial charge in [0, 0.05) is 29.7 Å². The standard InChI is InChI=1S/C21H21ClN6O2/c1-11-2-5-15(22)16(6-11)25-17-9-18(24-14-3-4-14)28-20(26-17)13(10-23-28)7-12-8-19(29)27-21(12)30/h2,5-7,9-10,14,19,24,29H,3-4,8H2,1H3,(H,25,26)(H,27,30)/b12-7+. The molecule has 5 rings (SSSR count). The number of fused-ring (bicyclic) bond motifs is 1. The van der Waals surface area contributed by atoms with Crippen LogP contribution in [0.5, 0.6) is 0 Å². The smallest absolute Gasteiger partial charge is 0.249 e. The quantitative estimate of drug-likeness (QED) is 0.469. The Kier molecular flexibility index (Phi) is 4.60. The van der Waals surface area contributed by atoms with E-state index in [-0.39, 0.29) is 12.3 Å². The van der Waals surface area contributed by atoms with Crippen LogP contribution in [-0.2, 0) is 4.79 Å². The van der Waals surface area contributed by atoms with Crippen molar-refractivity contribution in [1.29, 1.82) is 0 Å². The second kappa shape index (κ2) is 7.30. The maximum atomic E-state index is 12.0. The third-order valence-corrected chi connectivity index (χ3v) is 5.47. The minimum atomic E-state index is -0.855. The normalized spacial score (nSPS) is 20.0. The van der Waals surface area contributed by atoms with Gasteiger partial charge in [-0.1, -0.05) is 17.7 Å². The second-order valence-electron chi connectivity index (χ2n) is 7.75. The van der Waals surface area contributed by atoms with E-state index in [1.165, 1.54) is 0 Å². The van der Waals surface area contributed by atoms with E-state index in [4.69, 9.17) is 16.6 Å². The van der Waals surface area contributed by atoms with Crippen molar-refractivity contribution in [3.05, 3.63) is 52.2 Å². The Morgan fingerprint density at radius 3 is 2.90 bits per heavy atom. The molecule has 0 radical (unpaired) electrons. The van der Waals surface area contributed by atoms with Crippen LogP contribution in [-0.4, -0.2) is 37.9 Å². The van der Waals surface area contributed by atoms with Crippen LogP contribution in [0.2, 0.25) is 5.02 Å². The molecule has 1 saturated heterocycles. The number of aryl methyl sites for hydroxylation is 1. The summed E-state index contributed by atoms with van der Waals surface area (Å²) in [6.45, 7) is 2.00. The molecule has 1 saturated carbocycles. The van der Waals surface area contributed by atoms with E-state index < -0.39 is 6.23 Å². The highest BCUT2D eigenvalue weighted by molar-refractivity contribution is 6.33. The first-order chi connectivity index (χ1) is 14.5. The fourth-order valence-electron chi connectivity index (χ4n) is 3.47. The van der Waals surface area contributed by atoms with Crippen LogP contribution in [0.1, 0.15) is 30.4 Å². The van der Waals surface area contributed by atoms with Crippen LogP contribution in [0.4, 0.5) is 17.3 Å². The van der Waals surface area contributed by atoms with Crippen molar-refractivity contribution in [2.24, 2.45) is 0 Å². The molecule has 154 valence electrons. The lowest BCUT2D eigenvalue weighted by Gasteiger charge is -2.13. The van der Waals surface area contributed by atoms with Gasteiger partial charge in [-0.3, -0.25) is 4.79 Å². The molecule has 1 aromatic carbocycles. The summed E-state index contributed by atoms with van der Waals surface area (Å²) in [4.78, 5) is 16.7. The Morgan fingerprint density at radius 1 is 1.33 bits per heavy atom. The molecule has 2 aromatic heterocycles. The average molecular weight is 425 g/mol. The first-order valence-corrected chi connectivity index (χ1v) is 10.2. The first kappa shape index (κ1) is 18.9. The van der Waals surface area contributed by atoms with E-state index in [1.54, 1.807) is 16.8 Å². The van der Waals surface area contributed by atoms with Gasteiger partial charge in [-0.25, -0.2) is 4.98 Å². The van der Waals surface area contributed by atoms with Crippen molar-refractivity contribution >= 4 is 46.6 Å². The van der Waals surface area contributed by atoms with Crippen molar-refractivity contribution in [3.8, 4) is 0 Å². The molecule has 9 heteroatoms. The summed E-state index contributed by atoms with van der Waals surface area (Å²) in [6.07, 6.45) is 5.03. The lowest BCUT2D eigenvalue weighted by Crippen LogP contribution is -2.24. The molecule has 0 bridgehead atoms. The zero-order valence-corrected chi connectivity index (χ0v) is 17.1. The number of hydrogen-bond donors (Lipinski definition) is 4. The van der Waals surface area contributed by atoms with E-state index in [9.17, 15) is 9.90 Å². The molecular weight excluding hydrogens is 404 g/mol. The maximum Gasteiger partial charge on any atom is 0.249 e. The molecule has 1 aliphatic heterocycles. The van der Waals surface area contributed by atoms with Crippen molar-refractivity contribution in [1.82, 2.24) is 19.9 Å². The summed E-state index contributed by atoms with van der Waals surface area (Å²) in [5.41, 5.74) is 3.65. The Morgan fingerprint density at radius 2 is 2.17 bits per heavy atom. The number of aliphatic hydroxyl groups is 1. The number of aliphatic hydroxyl groups excluding tert-OH is 1. The van der Waals surface area contributed by atoms with Crippen molar-refractivity contribution in [3.63, 3.8) is 0 Å². The van der Waals surface area contributed by atoms with Gasteiger partial charge in [-0.05, 0) is 43.5 Å². The highest BCUT2D eigenvalue weighted by atomic mass is 35.5. The number of halogens is 1. The highest BCUT2D eigenvalue weighted by Gasteiger charge is 2.26. The van der Waals surface area contributed by atoms with Gasteiger partial charge in [-0.15, -0.1) is 0 Å². The molecule has 1 unspecified atom stereocenters. The molecule has 8 nitrogen and oxygen atoms in total. The fourth-order valence-corrected chi connectivity index (χ4v) is 3.63. The summed E-state index contributed by atoms with van der Waals surface area (Å²) in [7, 11) is 0. The Hall–Kier alpha value is -3.10. The van der Waals surface area contributed by atoms with Crippen LogP contribution < -0.4 is 16.0 Å². The molecule has 1 atom stereocenters. The average Bonchev–Trinajstić information content (AvgIpc) is 3.34. The molecule has 4 N–H and O–H groups in total. The fraction of sp³-hybridized carbons (Fsp3) is 0.286. The topological polar surface area (TPSA) is 104 Å². The number of carbonyl (C=O) groups excluding carboxylic acids is 1. The van der Waals surface area contributed by atoms with Gasteiger partial charge in [0.05, 0.1) is 16.9 Å². The van der Waals surface area contributed by atoms with Gasteiger partial charge in [0.25, 0.3) is 0 Å². The minimum absolute atomic E-state index is 0.250. The van der Waals surface area contributed by atoms with Gasteiger partial charge < -0.3 is 21.1 Å². The van der Waals surface area contributed by atoms with Crippen LogP contribution in [0.25, 0.3) is 11.7 Å². The largest absolute Gasteiger partial charge is 0.373 e. The Bertz CT molecular complexity index is 1180. The minimum Gasteiger partial charge on any atom is -0.373 e. The SMILES string of the molecule is Cc1ccc(Cl)c(Nc2cc(NC3CC3)n3ncc(/C=C4\CC(O)NC4=O)c3n2)c1. The van der Waals surface area contributed by atoms with E-state index in [1.807, 2.05) is 31.2 Å². The number of rotatable bonds is 5. The van der Waals surface area contributed by atoms with Crippen LogP contribution >= 0.6 is 11.6 Å². The van der Waals surface area contributed by atoms with Crippen molar-refractivity contribution in [2.45, 2.75) is 38.5 Å².